The fraction of sp³-hybridized carbons (Fsp3) is 0.600. The number of rotatable bonds is 8. The third-order valence-corrected chi connectivity index (χ3v) is 5.23. The Hall–Kier alpha value is -2.19. The van der Waals surface area contributed by atoms with Gasteiger partial charge in [0.25, 0.3) is 0 Å². The zero-order valence-electron chi connectivity index (χ0n) is 16.2. The molecular formula is C20H29FN4O3. The molecule has 28 heavy (non-hydrogen) atoms. The van der Waals surface area contributed by atoms with E-state index in [0.717, 1.165) is 25.3 Å². The van der Waals surface area contributed by atoms with E-state index in [1.165, 1.54) is 25.0 Å². The zero-order chi connectivity index (χ0) is 19.8. The highest BCUT2D eigenvalue weighted by Crippen LogP contribution is 2.17. The molecule has 8 heteroatoms. The third-order valence-electron chi connectivity index (χ3n) is 5.23. The minimum Gasteiger partial charge on any atom is -0.368 e. The molecule has 154 valence electrons. The first-order chi connectivity index (χ1) is 13.6. The van der Waals surface area contributed by atoms with Crippen molar-refractivity contribution in [2.24, 2.45) is 0 Å². The maximum absolute atomic E-state index is 13.0. The largest absolute Gasteiger partial charge is 0.368 e. The second-order valence-corrected chi connectivity index (χ2v) is 7.24. The van der Waals surface area contributed by atoms with Crippen molar-refractivity contribution in [3.63, 3.8) is 0 Å². The van der Waals surface area contributed by atoms with Crippen molar-refractivity contribution in [3.8, 4) is 0 Å². The van der Waals surface area contributed by atoms with Gasteiger partial charge in [0.2, 0.25) is 11.8 Å². The average Bonchev–Trinajstić information content (AvgIpc) is 3.22. The van der Waals surface area contributed by atoms with E-state index in [-0.39, 0.29) is 30.8 Å². The Kier molecular flexibility index (Phi) is 7.62. The maximum atomic E-state index is 13.0. The van der Waals surface area contributed by atoms with Crippen molar-refractivity contribution in [1.29, 1.82) is 0 Å². The molecule has 0 aromatic heterocycles. The maximum Gasteiger partial charge on any atom is 0.248 e. The Labute approximate surface area is 165 Å². The van der Waals surface area contributed by atoms with Crippen LogP contribution in [0.4, 0.5) is 10.1 Å². The quantitative estimate of drug-likeness (QED) is 0.706. The lowest BCUT2D eigenvalue weighted by Crippen LogP contribution is -2.50. The summed E-state index contributed by atoms with van der Waals surface area (Å²) in [4.78, 5) is 30.2. The van der Waals surface area contributed by atoms with E-state index in [2.05, 4.69) is 15.1 Å². The Morgan fingerprint density at radius 1 is 0.964 bits per heavy atom. The molecule has 0 bridgehead atoms. The molecule has 3 rings (SSSR count). The Balaban J connectivity index is 1.28. The fourth-order valence-corrected chi connectivity index (χ4v) is 3.60. The molecule has 2 amide bonds. The molecule has 1 aromatic carbocycles. The van der Waals surface area contributed by atoms with Gasteiger partial charge in [-0.2, -0.15) is 0 Å². The molecule has 1 aromatic rings. The predicted molar refractivity (Wildman–Crippen MR) is 105 cm³/mol. The topological polar surface area (TPSA) is 65.1 Å². The number of hydrogen-bond donors (Lipinski definition) is 1. The summed E-state index contributed by atoms with van der Waals surface area (Å²) in [6.07, 6.45) is 2.47. The van der Waals surface area contributed by atoms with Gasteiger partial charge < -0.3 is 24.8 Å². The fourth-order valence-electron chi connectivity index (χ4n) is 3.60. The third kappa shape index (κ3) is 6.17. The summed E-state index contributed by atoms with van der Waals surface area (Å²) in [5.41, 5.74) is 0.954. The van der Waals surface area contributed by atoms with Crippen LogP contribution < -0.4 is 10.2 Å². The molecule has 7 nitrogen and oxygen atoms in total. The van der Waals surface area contributed by atoms with Crippen LogP contribution in [0, 0.1) is 5.82 Å². The van der Waals surface area contributed by atoms with Gasteiger partial charge in [0, 0.05) is 45.0 Å². The highest BCUT2D eigenvalue weighted by Gasteiger charge is 2.21. The minimum atomic E-state index is -0.255. The van der Waals surface area contributed by atoms with E-state index in [1.807, 2.05) is 0 Å². The Morgan fingerprint density at radius 3 is 2.32 bits per heavy atom. The Bertz CT molecular complexity index is 641. The Morgan fingerprint density at radius 2 is 1.64 bits per heavy atom. The van der Waals surface area contributed by atoms with Gasteiger partial charge in [0.05, 0.1) is 0 Å². The normalized spacial score (nSPS) is 17.8. The van der Waals surface area contributed by atoms with Gasteiger partial charge in [-0.3, -0.25) is 9.59 Å². The molecule has 1 N–H and O–H groups in total. The summed E-state index contributed by atoms with van der Waals surface area (Å²) in [7, 11) is 0. The van der Waals surface area contributed by atoms with Gasteiger partial charge in [0.1, 0.15) is 19.0 Å². The molecule has 2 heterocycles. The van der Waals surface area contributed by atoms with E-state index < -0.39 is 0 Å². The lowest BCUT2D eigenvalue weighted by molar-refractivity contribution is -0.138. The van der Waals surface area contributed by atoms with Gasteiger partial charge in [0.15, 0.2) is 0 Å². The van der Waals surface area contributed by atoms with Crippen LogP contribution in [0.5, 0.6) is 0 Å². The summed E-state index contributed by atoms with van der Waals surface area (Å²) >= 11 is 0. The number of carbonyl (C=O) groups is 2. The van der Waals surface area contributed by atoms with Gasteiger partial charge in [-0.15, -0.1) is 0 Å². The van der Waals surface area contributed by atoms with E-state index in [0.29, 0.717) is 32.7 Å². The number of nitrogens with zero attached hydrogens (tertiary/aromatic N) is 3. The lowest BCUT2D eigenvalue weighted by atomic mass is 10.2. The van der Waals surface area contributed by atoms with Gasteiger partial charge in [-0.05, 0) is 50.2 Å². The number of likely N-dealkylation sites (tertiary alicyclic amines) is 1. The monoisotopic (exact) mass is 392 g/mol. The highest BCUT2D eigenvalue weighted by molar-refractivity contribution is 5.79. The molecule has 2 aliphatic heterocycles. The molecule has 0 aliphatic carbocycles. The summed E-state index contributed by atoms with van der Waals surface area (Å²) in [6, 6.07) is 6.38. The van der Waals surface area contributed by atoms with Crippen LogP contribution >= 0.6 is 0 Å². The second kappa shape index (κ2) is 10.4. The van der Waals surface area contributed by atoms with Crippen LogP contribution in [0.3, 0.4) is 0 Å². The summed E-state index contributed by atoms with van der Waals surface area (Å²) < 4.78 is 18.3. The first-order valence-corrected chi connectivity index (χ1v) is 9.97. The number of halogens is 1. The molecule has 0 atom stereocenters. The number of anilines is 1. The first kappa shape index (κ1) is 20.5. The van der Waals surface area contributed by atoms with Crippen molar-refractivity contribution in [1.82, 2.24) is 15.1 Å². The van der Waals surface area contributed by atoms with Crippen LogP contribution in [0.1, 0.15) is 12.8 Å². The van der Waals surface area contributed by atoms with Gasteiger partial charge >= 0.3 is 0 Å². The average molecular weight is 392 g/mol. The molecule has 0 saturated carbocycles. The summed E-state index contributed by atoms with van der Waals surface area (Å²) in [6.45, 7) is 6.05. The standard InChI is InChI=1S/C20H29FN4O3/c21-17-3-5-18(6-4-17)24-11-13-25(14-12-24)20(27)16-28-15-19(26)22-7-10-23-8-1-2-9-23/h3-6H,1-2,7-16H2,(H,22,26). The minimum absolute atomic E-state index is 0.0872. The van der Waals surface area contributed by atoms with Crippen molar-refractivity contribution in [3.05, 3.63) is 30.1 Å². The van der Waals surface area contributed by atoms with Crippen LogP contribution in [0.2, 0.25) is 0 Å². The number of piperazine rings is 1. The van der Waals surface area contributed by atoms with Crippen LogP contribution in [-0.2, 0) is 14.3 Å². The number of hydrogen-bond acceptors (Lipinski definition) is 5. The molecule has 2 fully saturated rings. The molecule has 0 radical (unpaired) electrons. The van der Waals surface area contributed by atoms with Crippen molar-refractivity contribution >= 4 is 17.5 Å². The molecular weight excluding hydrogens is 363 g/mol. The SMILES string of the molecule is O=C(COCC(=O)N1CCN(c2ccc(F)cc2)CC1)NCCN1CCCC1. The summed E-state index contributed by atoms with van der Waals surface area (Å²) in [5, 5.41) is 2.83. The van der Waals surface area contributed by atoms with Crippen molar-refractivity contribution in [2.75, 3.05) is 70.5 Å². The van der Waals surface area contributed by atoms with E-state index >= 15 is 0 Å². The number of carbonyl (C=O) groups excluding carboxylic acids is 2. The van der Waals surface area contributed by atoms with E-state index in [9.17, 15) is 14.0 Å². The molecule has 0 spiro atoms. The van der Waals surface area contributed by atoms with Crippen molar-refractivity contribution < 1.29 is 18.7 Å². The number of nitrogens with one attached hydrogen (secondary N) is 1. The van der Waals surface area contributed by atoms with Crippen LogP contribution in [0.25, 0.3) is 0 Å². The van der Waals surface area contributed by atoms with Gasteiger partial charge in [-0.1, -0.05) is 0 Å². The summed E-state index contributed by atoms with van der Waals surface area (Å²) in [5.74, 6) is -0.549. The van der Waals surface area contributed by atoms with E-state index in [1.54, 1.807) is 17.0 Å². The van der Waals surface area contributed by atoms with E-state index in [4.69, 9.17) is 4.74 Å². The molecule has 2 aliphatic rings. The smallest absolute Gasteiger partial charge is 0.248 e. The zero-order valence-corrected chi connectivity index (χ0v) is 16.2. The number of amides is 2. The lowest BCUT2D eigenvalue weighted by Gasteiger charge is -2.36. The second-order valence-electron chi connectivity index (χ2n) is 7.24. The van der Waals surface area contributed by atoms with Crippen LogP contribution in [0.15, 0.2) is 24.3 Å². The van der Waals surface area contributed by atoms with Crippen molar-refractivity contribution in [2.45, 2.75) is 12.8 Å². The number of benzene rings is 1. The van der Waals surface area contributed by atoms with Gasteiger partial charge in [-0.25, -0.2) is 4.39 Å². The molecule has 0 unspecified atom stereocenters. The first-order valence-electron chi connectivity index (χ1n) is 9.97. The molecule has 2 saturated heterocycles. The van der Waals surface area contributed by atoms with Crippen LogP contribution in [-0.4, -0.2) is 87.2 Å². The number of ether oxygens (including phenoxy) is 1. The highest BCUT2D eigenvalue weighted by atomic mass is 19.1. The predicted octanol–water partition coefficient (Wildman–Crippen LogP) is 0.703.